The quantitative estimate of drug-likeness (QED) is 0.0983. The molecule has 56 heavy (non-hydrogen) atoms. The molecule has 0 saturated carbocycles. The van der Waals surface area contributed by atoms with E-state index in [2.05, 4.69) is 58.0 Å². The first-order valence-electron chi connectivity index (χ1n) is 19.6. The maximum Gasteiger partial charge on any atom is 0.455 e. The predicted molar refractivity (Wildman–Crippen MR) is 221 cm³/mol. The van der Waals surface area contributed by atoms with Crippen molar-refractivity contribution in [1.82, 2.24) is 4.90 Å². The number of fused-ring (bicyclic) bond motifs is 4. The summed E-state index contributed by atoms with van der Waals surface area (Å²) in [6.45, 7) is 8.93. The molecule has 7 rings (SSSR count). The Hall–Kier alpha value is -4.81. The number of carbonyl (C=O) groups is 3. The van der Waals surface area contributed by atoms with Gasteiger partial charge in [-0.05, 0) is 81.5 Å². The number of likely N-dealkylation sites (tertiary alicyclic amines) is 1. The number of hydrogen-bond donors (Lipinski definition) is 2. The largest absolute Gasteiger partial charge is 0.507 e. The van der Waals surface area contributed by atoms with Crippen LogP contribution in [0.2, 0.25) is 11.4 Å². The molecule has 3 amide bonds. The van der Waals surface area contributed by atoms with Crippen LogP contribution in [0.4, 0.5) is 4.79 Å². The summed E-state index contributed by atoms with van der Waals surface area (Å²) in [6, 6.07) is 32.1. The number of methoxy groups -OCH3 is 1. The summed E-state index contributed by atoms with van der Waals surface area (Å²) >= 11 is 0. The highest BCUT2D eigenvalue weighted by Crippen LogP contribution is 2.51. The number of ether oxygens (including phenoxy) is 1. The van der Waals surface area contributed by atoms with E-state index in [0.29, 0.717) is 17.7 Å². The van der Waals surface area contributed by atoms with Crippen molar-refractivity contribution in [3.05, 3.63) is 119 Å². The van der Waals surface area contributed by atoms with Crippen molar-refractivity contribution in [2.45, 2.75) is 70.8 Å². The molecule has 9 nitrogen and oxygen atoms in total. The summed E-state index contributed by atoms with van der Waals surface area (Å²) in [5.74, 6) is -3.12. The molecular weight excluding hydrogens is 721 g/mol. The minimum absolute atomic E-state index is 0.111. The van der Waals surface area contributed by atoms with Crippen molar-refractivity contribution in [2.24, 2.45) is 17.8 Å². The number of rotatable bonds is 10. The summed E-state index contributed by atoms with van der Waals surface area (Å²) in [5, 5.41) is 25.4. The van der Waals surface area contributed by atoms with Crippen molar-refractivity contribution in [3.8, 4) is 5.75 Å². The van der Waals surface area contributed by atoms with E-state index in [9.17, 15) is 24.5 Å². The summed E-state index contributed by atoms with van der Waals surface area (Å²) < 4.78 is 18.7. The molecule has 11 heteroatoms. The number of phenolic OH excluding ortho intramolecular Hbond substituents is 1. The van der Waals surface area contributed by atoms with Gasteiger partial charge < -0.3 is 23.9 Å². The predicted octanol–water partition coefficient (Wildman–Crippen LogP) is 7.26. The molecule has 2 aliphatic heterocycles. The van der Waals surface area contributed by atoms with Gasteiger partial charge in [0.2, 0.25) is 11.8 Å². The van der Waals surface area contributed by atoms with E-state index in [4.69, 9.17) is 13.8 Å². The number of imide groups is 3. The van der Waals surface area contributed by atoms with Crippen LogP contribution in [0.25, 0.3) is 16.8 Å². The van der Waals surface area contributed by atoms with E-state index >= 15 is 0 Å². The number of nitrogens with zero attached hydrogens (tertiary/aromatic N) is 1. The Morgan fingerprint density at radius 3 is 2.14 bits per heavy atom. The number of aromatic hydroxyl groups is 1. The monoisotopic (exact) mass is 771 g/mol. The van der Waals surface area contributed by atoms with E-state index < -0.39 is 57.2 Å². The average Bonchev–Trinajstić information content (AvgIpc) is 3.45. The van der Waals surface area contributed by atoms with Gasteiger partial charge in [0.05, 0.1) is 31.7 Å². The average molecular weight is 772 g/mol. The Bertz CT molecular complexity index is 2140. The Labute approximate surface area is 330 Å². The highest BCUT2D eigenvalue weighted by molar-refractivity contribution is 6.99. The molecule has 290 valence electrons. The first-order chi connectivity index (χ1) is 26.9. The fraction of sp³-hybridized carbons (Fsp3) is 0.356. The fourth-order valence-corrected chi connectivity index (χ4v) is 14.0. The van der Waals surface area contributed by atoms with Gasteiger partial charge in [0.25, 0.3) is 8.32 Å². The molecule has 4 aromatic carbocycles. The lowest BCUT2D eigenvalue weighted by molar-refractivity contribution is -0.137. The normalized spacial score (nSPS) is 21.7. The Morgan fingerprint density at radius 2 is 1.54 bits per heavy atom. The third kappa shape index (κ3) is 7.06. The summed E-state index contributed by atoms with van der Waals surface area (Å²) in [7, 11) is -3.04. The van der Waals surface area contributed by atoms with E-state index in [1.165, 1.54) is 0 Å². The maximum absolute atomic E-state index is 14.0. The van der Waals surface area contributed by atoms with Crippen LogP contribution in [0.15, 0.2) is 114 Å². The van der Waals surface area contributed by atoms with Crippen LogP contribution in [-0.2, 0) is 23.4 Å². The van der Waals surface area contributed by atoms with Crippen LogP contribution in [0.5, 0.6) is 5.75 Å². The minimum Gasteiger partial charge on any atom is -0.507 e. The van der Waals surface area contributed by atoms with Crippen molar-refractivity contribution >= 4 is 60.6 Å². The summed E-state index contributed by atoms with van der Waals surface area (Å²) in [5.41, 5.74) is 3.91. The van der Waals surface area contributed by atoms with Crippen LogP contribution in [0.3, 0.4) is 0 Å². The highest BCUT2D eigenvalue weighted by atomic mass is 28.4. The lowest BCUT2D eigenvalue weighted by atomic mass is 9.58. The van der Waals surface area contributed by atoms with Gasteiger partial charge in [-0.25, -0.2) is 4.79 Å². The van der Waals surface area contributed by atoms with Gasteiger partial charge in [0.15, 0.2) is 0 Å². The molecule has 3 aliphatic rings. The lowest BCUT2D eigenvalue weighted by Crippen LogP contribution is -2.66. The number of allylic oxidation sites excluding steroid dienone is 1. The van der Waals surface area contributed by atoms with Gasteiger partial charge in [0, 0.05) is 5.39 Å². The van der Waals surface area contributed by atoms with Crippen molar-refractivity contribution < 1.29 is 38.3 Å². The Kier molecular flexibility index (Phi) is 11.2. The van der Waals surface area contributed by atoms with Gasteiger partial charge in [-0.15, -0.1) is 0 Å². The zero-order valence-electron chi connectivity index (χ0n) is 32.7. The second-order valence-corrected chi connectivity index (χ2v) is 20.5. The third-order valence-corrected chi connectivity index (χ3v) is 17.0. The Morgan fingerprint density at radius 1 is 0.911 bits per heavy atom. The standard InChI is InChI=1S/C45H50BNO8Si/c1-6-29(25-30-22-23-38(48)35-20-14-13-19-34(30)35)21-24-39-40-31(26-36-41(37(40)27-46(52)55-39)43(50)47(42(36)49)44(51)53-5)28-54-56(45(2,3)4,32-15-9-7-10-16-32)33-17-11-8-12-18-33/h7-20,22-23,25,36-37,39,41,48,52H,6,21,24,26-28H2,1-5H3/b29-25+/t36-,37+,39-,41-/m1/s1. The molecule has 0 radical (unpaired) electrons. The van der Waals surface area contributed by atoms with Crippen molar-refractivity contribution in [3.63, 3.8) is 0 Å². The number of carbonyl (C=O) groups excluding carboxylic acids is 3. The molecule has 2 heterocycles. The van der Waals surface area contributed by atoms with Gasteiger partial charge in [0.1, 0.15) is 5.75 Å². The molecule has 0 aromatic heterocycles. The molecular formula is C45H50BNO8Si. The first-order valence-corrected chi connectivity index (χ1v) is 21.5. The number of benzene rings is 4. The topological polar surface area (TPSA) is 123 Å². The zero-order chi connectivity index (χ0) is 39.8. The second kappa shape index (κ2) is 16.0. The molecule has 0 spiro atoms. The third-order valence-electron chi connectivity index (χ3n) is 12.0. The number of phenols is 1. The Balaban J connectivity index is 1.30. The minimum atomic E-state index is -3.03. The van der Waals surface area contributed by atoms with E-state index in [-0.39, 0.29) is 30.1 Å². The van der Waals surface area contributed by atoms with Gasteiger partial charge in [-0.2, -0.15) is 4.90 Å². The van der Waals surface area contributed by atoms with E-state index in [1.807, 2.05) is 66.7 Å². The van der Waals surface area contributed by atoms with Crippen LogP contribution < -0.4 is 10.4 Å². The van der Waals surface area contributed by atoms with E-state index in [1.54, 1.807) is 6.07 Å². The van der Waals surface area contributed by atoms with Crippen LogP contribution >= 0.6 is 0 Å². The molecule has 2 saturated heterocycles. The van der Waals surface area contributed by atoms with Gasteiger partial charge in [-0.1, -0.05) is 130 Å². The zero-order valence-corrected chi connectivity index (χ0v) is 33.7. The van der Waals surface area contributed by atoms with Crippen LogP contribution in [-0.4, -0.2) is 68.2 Å². The summed E-state index contributed by atoms with van der Waals surface area (Å²) in [4.78, 5) is 41.4. The lowest BCUT2D eigenvalue weighted by Gasteiger charge is -2.46. The molecule has 2 fully saturated rings. The molecule has 4 atom stereocenters. The fourth-order valence-electron chi connectivity index (χ4n) is 9.44. The second-order valence-electron chi connectivity index (χ2n) is 16.2. The molecule has 4 aromatic rings. The number of amides is 3. The van der Waals surface area contributed by atoms with Crippen LogP contribution in [0.1, 0.15) is 58.9 Å². The maximum atomic E-state index is 14.0. The van der Waals surface area contributed by atoms with Crippen LogP contribution in [0, 0.1) is 17.8 Å². The highest BCUT2D eigenvalue weighted by Gasteiger charge is 2.60. The molecule has 0 unspecified atom stereocenters. The molecule has 0 bridgehead atoms. The van der Waals surface area contributed by atoms with Crippen molar-refractivity contribution in [2.75, 3.05) is 13.7 Å². The molecule has 2 N–H and O–H groups in total. The van der Waals surface area contributed by atoms with Crippen molar-refractivity contribution in [1.29, 1.82) is 0 Å². The van der Waals surface area contributed by atoms with E-state index in [0.717, 1.165) is 57.0 Å². The summed E-state index contributed by atoms with van der Waals surface area (Å²) in [6.07, 6.45) is 2.85. The smallest absolute Gasteiger partial charge is 0.455 e. The SMILES string of the molecule is CC/C(=C\c1ccc(O)c2ccccc12)CC[C@H]1OB(O)C[C@H]2C1=C(CO[Si](c1ccccc1)(c1ccccc1)C(C)(C)C)C[C@H]1C(=O)N(C(=O)OC)C(=O)[C@H]12. The van der Waals surface area contributed by atoms with Gasteiger partial charge in [-0.3, -0.25) is 9.59 Å². The first kappa shape index (κ1) is 39.4. The number of hydrogen-bond acceptors (Lipinski definition) is 8. The van der Waals surface area contributed by atoms with Gasteiger partial charge >= 0.3 is 13.2 Å². The molecule has 1 aliphatic carbocycles.